The van der Waals surface area contributed by atoms with Gasteiger partial charge in [0.15, 0.2) is 11.5 Å². The number of nitrogens with one attached hydrogen (secondary N) is 1. The first kappa shape index (κ1) is 14.8. The Hall–Kier alpha value is -1.29. The summed E-state index contributed by atoms with van der Waals surface area (Å²) in [7, 11) is 1.65. The lowest BCUT2D eigenvalue weighted by atomic mass is 10.1. The smallest absolute Gasteiger partial charge is 0.161 e. The third-order valence-electron chi connectivity index (χ3n) is 2.54. The second kappa shape index (κ2) is 7.93. The molecule has 0 radical (unpaired) electrons. The Bertz CT molecular complexity index is 393. The lowest BCUT2D eigenvalue weighted by molar-refractivity contribution is 0.310. The number of hydrogen-bond acceptors (Lipinski definition) is 3. The van der Waals surface area contributed by atoms with Crippen molar-refractivity contribution in [3.8, 4) is 11.5 Å². The molecule has 4 heteroatoms. The molecule has 0 atom stereocenters. The molecule has 0 aromatic heterocycles. The quantitative estimate of drug-likeness (QED) is 0.769. The van der Waals surface area contributed by atoms with Crippen LogP contribution in [-0.4, -0.2) is 25.2 Å². The van der Waals surface area contributed by atoms with Gasteiger partial charge >= 0.3 is 0 Å². The van der Waals surface area contributed by atoms with Gasteiger partial charge in [-0.15, -0.1) is 0 Å². The highest BCUT2D eigenvalue weighted by molar-refractivity contribution is 7.80. The second-order valence-corrected chi connectivity index (χ2v) is 4.36. The van der Waals surface area contributed by atoms with Crippen molar-refractivity contribution in [1.29, 1.82) is 0 Å². The third kappa shape index (κ3) is 4.53. The average Bonchev–Trinajstić information content (AvgIpc) is 2.37. The molecular weight excluding hydrogens is 246 g/mol. The maximum atomic E-state index is 5.55. The zero-order valence-electron chi connectivity index (χ0n) is 11.3. The van der Waals surface area contributed by atoms with E-state index in [1.165, 1.54) is 5.56 Å². The summed E-state index contributed by atoms with van der Waals surface area (Å²) >= 11 is 5.22. The zero-order valence-corrected chi connectivity index (χ0v) is 12.1. The van der Waals surface area contributed by atoms with Crippen molar-refractivity contribution in [3.05, 3.63) is 23.8 Å². The number of methoxy groups -OCH3 is 1. The van der Waals surface area contributed by atoms with Crippen LogP contribution in [0.25, 0.3) is 0 Å². The Morgan fingerprint density at radius 1 is 1.28 bits per heavy atom. The molecule has 0 aliphatic heterocycles. The highest BCUT2D eigenvalue weighted by Gasteiger charge is 2.05. The van der Waals surface area contributed by atoms with Crippen molar-refractivity contribution >= 4 is 17.2 Å². The van der Waals surface area contributed by atoms with E-state index in [0.717, 1.165) is 35.9 Å². The molecule has 18 heavy (non-hydrogen) atoms. The molecule has 0 unspecified atom stereocenters. The summed E-state index contributed by atoms with van der Waals surface area (Å²) < 4.78 is 10.8. The predicted molar refractivity (Wildman–Crippen MR) is 78.8 cm³/mol. The summed E-state index contributed by atoms with van der Waals surface area (Å²) in [5, 5.41) is 3.15. The van der Waals surface area contributed by atoms with Gasteiger partial charge in [0.05, 0.1) is 18.7 Å². The molecule has 0 saturated heterocycles. The number of rotatable bonds is 7. The van der Waals surface area contributed by atoms with Gasteiger partial charge in [-0.25, -0.2) is 0 Å². The topological polar surface area (TPSA) is 30.5 Å². The van der Waals surface area contributed by atoms with Gasteiger partial charge in [-0.1, -0.05) is 18.3 Å². The molecule has 1 aromatic carbocycles. The molecule has 3 nitrogen and oxygen atoms in total. The van der Waals surface area contributed by atoms with Gasteiger partial charge in [-0.05, 0) is 38.0 Å². The van der Waals surface area contributed by atoms with Crippen molar-refractivity contribution in [1.82, 2.24) is 5.32 Å². The second-order valence-electron chi connectivity index (χ2n) is 3.87. The Balaban J connectivity index is 2.66. The molecule has 100 valence electrons. The van der Waals surface area contributed by atoms with Crippen LogP contribution in [0, 0.1) is 0 Å². The zero-order chi connectivity index (χ0) is 13.4. The van der Waals surface area contributed by atoms with Gasteiger partial charge in [0.2, 0.25) is 0 Å². The predicted octanol–water partition coefficient (Wildman–Crippen LogP) is 2.96. The minimum atomic E-state index is 0.635. The van der Waals surface area contributed by atoms with E-state index in [-0.39, 0.29) is 0 Å². The molecule has 0 aliphatic rings. The summed E-state index contributed by atoms with van der Waals surface area (Å²) in [6.45, 7) is 5.53. The van der Waals surface area contributed by atoms with Crippen molar-refractivity contribution in [2.24, 2.45) is 0 Å². The van der Waals surface area contributed by atoms with Crippen LogP contribution in [0.3, 0.4) is 0 Å². The minimum absolute atomic E-state index is 0.635. The van der Waals surface area contributed by atoms with E-state index in [4.69, 9.17) is 21.7 Å². The van der Waals surface area contributed by atoms with Crippen LogP contribution in [0.15, 0.2) is 18.2 Å². The largest absolute Gasteiger partial charge is 0.493 e. The summed E-state index contributed by atoms with van der Waals surface area (Å²) in [6, 6.07) is 6.02. The van der Waals surface area contributed by atoms with Crippen LogP contribution < -0.4 is 14.8 Å². The molecule has 1 rings (SSSR count). The molecule has 0 bridgehead atoms. The van der Waals surface area contributed by atoms with E-state index < -0.39 is 0 Å². The van der Waals surface area contributed by atoms with Crippen LogP contribution in [0.4, 0.5) is 0 Å². The minimum Gasteiger partial charge on any atom is -0.493 e. The summed E-state index contributed by atoms with van der Waals surface area (Å²) in [6.07, 6.45) is 1.77. The highest BCUT2D eigenvalue weighted by atomic mass is 32.1. The summed E-state index contributed by atoms with van der Waals surface area (Å²) in [5.74, 6) is 1.57. The third-order valence-corrected chi connectivity index (χ3v) is 2.89. The summed E-state index contributed by atoms with van der Waals surface area (Å²) in [5.41, 5.74) is 1.21. The van der Waals surface area contributed by atoms with Crippen LogP contribution in [0.1, 0.15) is 25.8 Å². The molecule has 0 saturated carbocycles. The fraction of sp³-hybridized carbons (Fsp3) is 0.500. The number of aryl methyl sites for hydroxylation is 1. The van der Waals surface area contributed by atoms with Gasteiger partial charge < -0.3 is 14.8 Å². The van der Waals surface area contributed by atoms with Gasteiger partial charge in [0.25, 0.3) is 0 Å². The van der Waals surface area contributed by atoms with E-state index in [9.17, 15) is 0 Å². The number of ether oxygens (including phenoxy) is 2. The SMILES string of the molecule is CCNC(=S)CCc1ccc(OC)c(OCC)c1. The lowest BCUT2D eigenvalue weighted by Crippen LogP contribution is -2.20. The molecular formula is C14H21NO2S. The van der Waals surface area contributed by atoms with Crippen molar-refractivity contribution in [2.75, 3.05) is 20.3 Å². The van der Waals surface area contributed by atoms with Crippen molar-refractivity contribution in [2.45, 2.75) is 26.7 Å². The van der Waals surface area contributed by atoms with E-state index in [1.807, 2.05) is 26.0 Å². The Kier molecular flexibility index (Phi) is 6.50. The Morgan fingerprint density at radius 3 is 2.67 bits per heavy atom. The van der Waals surface area contributed by atoms with E-state index >= 15 is 0 Å². The van der Waals surface area contributed by atoms with Gasteiger partial charge in [-0.2, -0.15) is 0 Å². The van der Waals surface area contributed by atoms with Crippen LogP contribution in [-0.2, 0) is 6.42 Å². The summed E-state index contributed by atoms with van der Waals surface area (Å²) in [4.78, 5) is 0.909. The van der Waals surface area contributed by atoms with Crippen LogP contribution in [0.2, 0.25) is 0 Å². The van der Waals surface area contributed by atoms with E-state index in [0.29, 0.717) is 6.61 Å². The Labute approximate surface area is 114 Å². The fourth-order valence-electron chi connectivity index (χ4n) is 1.69. The number of thiocarbonyl (C=S) groups is 1. The number of hydrogen-bond donors (Lipinski definition) is 1. The average molecular weight is 267 g/mol. The molecule has 1 aromatic rings. The molecule has 1 N–H and O–H groups in total. The maximum Gasteiger partial charge on any atom is 0.161 e. The van der Waals surface area contributed by atoms with E-state index in [1.54, 1.807) is 7.11 Å². The van der Waals surface area contributed by atoms with Gasteiger partial charge in [-0.3, -0.25) is 0 Å². The van der Waals surface area contributed by atoms with Crippen molar-refractivity contribution in [3.63, 3.8) is 0 Å². The first-order valence-corrected chi connectivity index (χ1v) is 6.68. The normalized spacial score (nSPS) is 9.94. The molecule has 0 amide bonds. The number of benzene rings is 1. The lowest BCUT2D eigenvalue weighted by Gasteiger charge is -2.11. The Morgan fingerprint density at radius 2 is 2.06 bits per heavy atom. The molecule has 0 heterocycles. The molecule has 0 spiro atoms. The standard InChI is InChI=1S/C14H21NO2S/c1-4-15-14(18)9-7-11-6-8-12(16-3)13(10-11)17-5-2/h6,8,10H,4-5,7,9H2,1-3H3,(H,15,18). The van der Waals surface area contributed by atoms with Gasteiger partial charge in [0.1, 0.15) is 0 Å². The van der Waals surface area contributed by atoms with E-state index in [2.05, 4.69) is 11.4 Å². The maximum absolute atomic E-state index is 5.55. The van der Waals surface area contributed by atoms with Crippen LogP contribution >= 0.6 is 12.2 Å². The first-order valence-electron chi connectivity index (χ1n) is 6.27. The fourth-order valence-corrected chi connectivity index (χ4v) is 1.93. The van der Waals surface area contributed by atoms with Gasteiger partial charge in [0, 0.05) is 13.0 Å². The molecule has 0 fully saturated rings. The molecule has 0 aliphatic carbocycles. The monoisotopic (exact) mass is 267 g/mol. The van der Waals surface area contributed by atoms with Crippen LogP contribution in [0.5, 0.6) is 11.5 Å². The highest BCUT2D eigenvalue weighted by Crippen LogP contribution is 2.28. The first-order chi connectivity index (χ1) is 8.71. The van der Waals surface area contributed by atoms with Crippen molar-refractivity contribution < 1.29 is 9.47 Å².